The Kier molecular flexibility index (Phi) is 4.73. The van der Waals surface area contributed by atoms with Crippen molar-refractivity contribution >= 4 is 0 Å². The predicted octanol–water partition coefficient (Wildman–Crippen LogP) is -2.52. The molecule has 0 saturated carbocycles. The Morgan fingerprint density at radius 1 is 1.14 bits per heavy atom. The molecule has 0 aromatic rings. The first-order chi connectivity index (χ1) is 6.72. The highest BCUT2D eigenvalue weighted by molar-refractivity contribution is 4.82. The highest BCUT2D eigenvalue weighted by Gasteiger charge is 2.36. The first kappa shape index (κ1) is 11.8. The maximum Gasteiger partial charge on any atom is 0.110 e. The van der Waals surface area contributed by atoms with E-state index in [0.717, 1.165) is 0 Å². The fraction of sp³-hybridized carbons (Fsp3) is 1.00. The maximum absolute atomic E-state index is 8.62. The van der Waals surface area contributed by atoms with E-state index in [4.69, 9.17) is 25.2 Å². The van der Waals surface area contributed by atoms with Gasteiger partial charge in [-0.1, -0.05) is 0 Å². The van der Waals surface area contributed by atoms with Crippen LogP contribution in [0.2, 0.25) is 0 Å². The molecule has 0 aromatic heterocycles. The summed E-state index contributed by atoms with van der Waals surface area (Å²) in [6.45, 7) is 0.475. The number of rotatable bonds is 4. The van der Waals surface area contributed by atoms with Crippen LogP contribution in [0, 0.1) is 0 Å². The topological polar surface area (TPSA) is 106 Å². The van der Waals surface area contributed by atoms with Gasteiger partial charge in [0.15, 0.2) is 0 Å². The van der Waals surface area contributed by atoms with Gasteiger partial charge in [-0.2, -0.15) is 0 Å². The molecule has 0 spiro atoms. The lowest BCUT2D eigenvalue weighted by atomic mass is 10.3. The van der Waals surface area contributed by atoms with Gasteiger partial charge in [0.2, 0.25) is 0 Å². The number of epoxide rings is 2. The van der Waals surface area contributed by atoms with E-state index in [1.165, 1.54) is 0 Å². The Hall–Kier alpha value is -0.240. The Labute approximate surface area is 81.7 Å². The third-order valence-electron chi connectivity index (χ3n) is 2.02. The number of hydrogen-bond acceptors (Lipinski definition) is 6. The molecule has 0 bridgehead atoms. The van der Waals surface area contributed by atoms with E-state index in [0.29, 0.717) is 6.61 Å². The summed E-state index contributed by atoms with van der Waals surface area (Å²) in [4.78, 5) is 0. The standard InChI is InChI=1S/2C4H8O3/c5-1-3(6)4-2-7-4;5-1-3-4(2-6)7-3/h2*3-6H,1-2H2/t3-,4-;/m0./s1. The third-order valence-corrected chi connectivity index (χ3v) is 2.02. The normalized spacial score (nSPS) is 35.6. The van der Waals surface area contributed by atoms with Gasteiger partial charge < -0.3 is 29.9 Å². The molecule has 2 aliphatic rings. The van der Waals surface area contributed by atoms with Crippen LogP contribution < -0.4 is 0 Å². The van der Waals surface area contributed by atoms with Crippen molar-refractivity contribution in [1.29, 1.82) is 0 Å². The molecule has 6 heteroatoms. The molecule has 2 fully saturated rings. The summed E-state index contributed by atoms with van der Waals surface area (Å²) in [5.74, 6) is 0. The summed E-state index contributed by atoms with van der Waals surface area (Å²) < 4.78 is 9.37. The zero-order valence-corrected chi connectivity index (χ0v) is 7.74. The molecule has 84 valence electrons. The smallest absolute Gasteiger partial charge is 0.110 e. The Morgan fingerprint density at radius 3 is 1.79 bits per heavy atom. The van der Waals surface area contributed by atoms with Crippen LogP contribution in [0.5, 0.6) is 0 Å². The fourth-order valence-corrected chi connectivity index (χ4v) is 0.896. The zero-order valence-electron chi connectivity index (χ0n) is 7.74. The second-order valence-electron chi connectivity index (χ2n) is 3.20. The predicted molar refractivity (Wildman–Crippen MR) is 45.7 cm³/mol. The van der Waals surface area contributed by atoms with Gasteiger partial charge in [0.05, 0.1) is 26.4 Å². The van der Waals surface area contributed by atoms with Crippen molar-refractivity contribution in [3.05, 3.63) is 0 Å². The molecule has 2 heterocycles. The number of aliphatic hydroxyl groups excluding tert-OH is 4. The van der Waals surface area contributed by atoms with E-state index < -0.39 is 6.10 Å². The van der Waals surface area contributed by atoms with E-state index >= 15 is 0 Å². The van der Waals surface area contributed by atoms with Crippen LogP contribution >= 0.6 is 0 Å². The van der Waals surface area contributed by atoms with Gasteiger partial charge in [-0.3, -0.25) is 0 Å². The highest BCUT2D eigenvalue weighted by Crippen LogP contribution is 2.19. The lowest BCUT2D eigenvalue weighted by Gasteiger charge is -1.97. The second-order valence-corrected chi connectivity index (χ2v) is 3.20. The lowest BCUT2D eigenvalue weighted by Crippen LogP contribution is -2.18. The van der Waals surface area contributed by atoms with Crippen LogP contribution in [0.15, 0.2) is 0 Å². The molecule has 6 nitrogen and oxygen atoms in total. The molecule has 0 aliphatic carbocycles. The molecule has 0 aromatic carbocycles. The summed E-state index contributed by atoms with van der Waals surface area (Å²) in [7, 11) is 0. The summed E-state index contributed by atoms with van der Waals surface area (Å²) in [6.07, 6.45) is -0.889. The minimum atomic E-state index is -0.653. The molecular formula is C8H16O6. The lowest BCUT2D eigenvalue weighted by molar-refractivity contribution is 0.0706. The summed E-state index contributed by atoms with van der Waals surface area (Å²) >= 11 is 0. The van der Waals surface area contributed by atoms with E-state index in [2.05, 4.69) is 4.74 Å². The van der Waals surface area contributed by atoms with Gasteiger partial charge in [0.25, 0.3) is 0 Å². The van der Waals surface area contributed by atoms with Gasteiger partial charge in [0.1, 0.15) is 24.4 Å². The number of ether oxygens (including phenoxy) is 2. The van der Waals surface area contributed by atoms with E-state index in [9.17, 15) is 0 Å². The molecular weight excluding hydrogens is 192 g/mol. The molecule has 0 amide bonds. The van der Waals surface area contributed by atoms with Crippen LogP contribution in [0.3, 0.4) is 0 Å². The van der Waals surface area contributed by atoms with Crippen molar-refractivity contribution in [1.82, 2.24) is 0 Å². The highest BCUT2D eigenvalue weighted by atomic mass is 16.6. The minimum Gasteiger partial charge on any atom is -0.394 e. The van der Waals surface area contributed by atoms with Gasteiger partial charge in [-0.05, 0) is 0 Å². The van der Waals surface area contributed by atoms with Crippen molar-refractivity contribution in [3.63, 3.8) is 0 Å². The van der Waals surface area contributed by atoms with Crippen LogP contribution in [-0.4, -0.2) is 71.3 Å². The SMILES string of the molecule is OCC1OC1CO.OC[C@H](O)[C@@H]1CO1. The van der Waals surface area contributed by atoms with Crippen LogP contribution in [-0.2, 0) is 9.47 Å². The number of hydrogen-bond donors (Lipinski definition) is 4. The quantitative estimate of drug-likeness (QED) is 0.380. The third kappa shape index (κ3) is 3.87. The molecule has 2 rings (SSSR count). The summed E-state index contributed by atoms with van der Waals surface area (Å²) in [5, 5.41) is 33.4. The van der Waals surface area contributed by atoms with E-state index in [1.807, 2.05) is 0 Å². The average molecular weight is 208 g/mol. The monoisotopic (exact) mass is 208 g/mol. The maximum atomic E-state index is 8.62. The van der Waals surface area contributed by atoms with Crippen LogP contribution in [0.4, 0.5) is 0 Å². The summed E-state index contributed by atoms with van der Waals surface area (Å²) in [6, 6.07) is 0. The second kappa shape index (κ2) is 5.59. The van der Waals surface area contributed by atoms with Crippen molar-refractivity contribution in [2.24, 2.45) is 0 Å². The molecule has 2 unspecified atom stereocenters. The first-order valence-corrected chi connectivity index (χ1v) is 4.50. The van der Waals surface area contributed by atoms with Crippen LogP contribution in [0.1, 0.15) is 0 Å². The van der Waals surface area contributed by atoms with Crippen molar-refractivity contribution in [3.8, 4) is 0 Å². The molecule has 2 saturated heterocycles. The molecule has 2 aliphatic heterocycles. The largest absolute Gasteiger partial charge is 0.394 e. The molecule has 14 heavy (non-hydrogen) atoms. The molecule has 4 atom stereocenters. The average Bonchev–Trinajstić information content (AvgIpc) is 3.06. The fourth-order valence-electron chi connectivity index (χ4n) is 0.896. The molecule has 4 N–H and O–H groups in total. The van der Waals surface area contributed by atoms with Gasteiger partial charge in [-0.25, -0.2) is 0 Å². The minimum absolute atomic E-state index is 0.0330. The first-order valence-electron chi connectivity index (χ1n) is 4.50. The van der Waals surface area contributed by atoms with Gasteiger partial charge in [-0.15, -0.1) is 0 Å². The Balaban J connectivity index is 0.000000140. The number of aliphatic hydroxyl groups is 4. The van der Waals surface area contributed by atoms with Gasteiger partial charge in [0, 0.05) is 0 Å². The van der Waals surface area contributed by atoms with Crippen molar-refractivity contribution < 1.29 is 29.9 Å². The van der Waals surface area contributed by atoms with E-state index in [1.54, 1.807) is 0 Å². The van der Waals surface area contributed by atoms with Crippen LogP contribution in [0.25, 0.3) is 0 Å². The van der Waals surface area contributed by atoms with E-state index in [-0.39, 0.29) is 38.1 Å². The van der Waals surface area contributed by atoms with Crippen molar-refractivity contribution in [2.45, 2.75) is 24.4 Å². The zero-order chi connectivity index (χ0) is 10.6. The van der Waals surface area contributed by atoms with Crippen molar-refractivity contribution in [2.75, 3.05) is 26.4 Å². The Morgan fingerprint density at radius 2 is 1.64 bits per heavy atom. The molecule has 0 radical (unpaired) electrons. The Bertz CT molecular complexity index is 152. The summed E-state index contributed by atoms with van der Waals surface area (Å²) in [5.41, 5.74) is 0. The van der Waals surface area contributed by atoms with Gasteiger partial charge >= 0.3 is 0 Å².